The third kappa shape index (κ3) is 2.87. The molecule has 1 heterocycles. The molecule has 0 saturated carbocycles. The Labute approximate surface area is 85.6 Å². The van der Waals surface area contributed by atoms with Crippen molar-refractivity contribution in [2.24, 2.45) is 0 Å². The number of halogens is 2. The second-order valence-corrected chi connectivity index (χ2v) is 3.09. The van der Waals surface area contributed by atoms with Crippen molar-refractivity contribution in [2.75, 3.05) is 19.8 Å². The second-order valence-electron chi connectivity index (χ2n) is 3.09. The summed E-state index contributed by atoms with van der Waals surface area (Å²) in [6.45, 7) is 1.17. The highest BCUT2D eigenvalue weighted by Gasteiger charge is 2.16. The van der Waals surface area contributed by atoms with E-state index in [1.54, 1.807) is 0 Å². The van der Waals surface area contributed by atoms with Crippen molar-refractivity contribution in [3.8, 4) is 5.75 Å². The minimum absolute atomic E-state index is 0.128. The van der Waals surface area contributed by atoms with Crippen LogP contribution in [0.3, 0.4) is 0 Å². The molecule has 0 amide bonds. The van der Waals surface area contributed by atoms with E-state index in [1.165, 1.54) is 0 Å². The molecular weight excluding hydrogens is 206 g/mol. The molecule has 1 saturated heterocycles. The van der Waals surface area contributed by atoms with Crippen LogP contribution in [0.2, 0.25) is 0 Å². The fraction of sp³-hybridized carbons (Fsp3) is 0.400. The number of hydrogen-bond donors (Lipinski definition) is 0. The molecule has 0 aliphatic carbocycles. The summed E-state index contributed by atoms with van der Waals surface area (Å²) in [6.07, 6.45) is -0.448. The zero-order valence-corrected chi connectivity index (χ0v) is 7.91. The van der Waals surface area contributed by atoms with Crippen molar-refractivity contribution in [1.82, 2.24) is 0 Å². The van der Waals surface area contributed by atoms with Crippen molar-refractivity contribution in [2.45, 2.75) is 6.29 Å². The van der Waals surface area contributed by atoms with Gasteiger partial charge in [0.1, 0.15) is 24.0 Å². The molecule has 0 unspecified atom stereocenters. The van der Waals surface area contributed by atoms with Gasteiger partial charge in [0.05, 0.1) is 13.2 Å². The Balaban J connectivity index is 1.92. The van der Waals surface area contributed by atoms with Crippen LogP contribution in [0.4, 0.5) is 8.78 Å². The van der Waals surface area contributed by atoms with Crippen molar-refractivity contribution in [1.29, 1.82) is 0 Å². The number of ether oxygens (including phenoxy) is 3. The van der Waals surface area contributed by atoms with E-state index in [0.717, 1.165) is 18.2 Å². The van der Waals surface area contributed by atoms with Gasteiger partial charge < -0.3 is 14.2 Å². The van der Waals surface area contributed by atoms with Crippen LogP contribution in [-0.4, -0.2) is 26.1 Å². The van der Waals surface area contributed by atoms with Gasteiger partial charge in [-0.2, -0.15) is 0 Å². The summed E-state index contributed by atoms with van der Waals surface area (Å²) in [4.78, 5) is 0. The van der Waals surface area contributed by atoms with E-state index in [4.69, 9.17) is 14.2 Å². The van der Waals surface area contributed by atoms with Gasteiger partial charge in [0.15, 0.2) is 6.29 Å². The molecule has 0 aromatic heterocycles. The third-order valence-corrected chi connectivity index (χ3v) is 1.91. The molecule has 1 aromatic rings. The molecule has 82 valence electrons. The maximum atomic E-state index is 12.7. The van der Waals surface area contributed by atoms with E-state index in [-0.39, 0.29) is 12.4 Å². The molecule has 3 nitrogen and oxygen atoms in total. The predicted molar refractivity (Wildman–Crippen MR) is 47.5 cm³/mol. The Bertz CT molecular complexity index is 317. The van der Waals surface area contributed by atoms with Crippen molar-refractivity contribution in [3.05, 3.63) is 29.8 Å². The highest BCUT2D eigenvalue weighted by atomic mass is 19.1. The molecule has 0 bridgehead atoms. The van der Waals surface area contributed by atoms with Crippen LogP contribution in [0, 0.1) is 11.6 Å². The van der Waals surface area contributed by atoms with Gasteiger partial charge in [-0.3, -0.25) is 0 Å². The molecule has 1 aliphatic rings. The van der Waals surface area contributed by atoms with Crippen LogP contribution in [0.25, 0.3) is 0 Å². The number of benzene rings is 1. The number of rotatable bonds is 3. The predicted octanol–water partition coefficient (Wildman–Crippen LogP) is 1.72. The molecule has 2 rings (SSSR count). The largest absolute Gasteiger partial charge is 0.488 e. The fourth-order valence-electron chi connectivity index (χ4n) is 1.28. The number of hydrogen-bond acceptors (Lipinski definition) is 3. The maximum absolute atomic E-state index is 12.7. The molecule has 15 heavy (non-hydrogen) atoms. The first-order chi connectivity index (χ1) is 7.24. The molecule has 0 N–H and O–H groups in total. The Morgan fingerprint density at radius 1 is 1.13 bits per heavy atom. The van der Waals surface area contributed by atoms with Crippen LogP contribution in [0.5, 0.6) is 5.75 Å². The standard InChI is InChI=1S/C10H10F2O3/c11-7-3-8(12)5-9(4-7)15-6-10-13-1-2-14-10/h3-5,10H,1-2,6H2. The molecule has 1 fully saturated rings. The highest BCUT2D eigenvalue weighted by Crippen LogP contribution is 2.16. The molecule has 1 aromatic carbocycles. The molecule has 0 radical (unpaired) electrons. The van der Waals surface area contributed by atoms with Gasteiger partial charge in [-0.05, 0) is 0 Å². The van der Waals surface area contributed by atoms with E-state index >= 15 is 0 Å². The van der Waals surface area contributed by atoms with Gasteiger partial charge in [-0.25, -0.2) is 8.78 Å². The summed E-state index contributed by atoms with van der Waals surface area (Å²) >= 11 is 0. The summed E-state index contributed by atoms with van der Waals surface area (Å²) in [5.74, 6) is -1.21. The van der Waals surface area contributed by atoms with E-state index in [0.29, 0.717) is 13.2 Å². The Hall–Kier alpha value is -1.20. The van der Waals surface area contributed by atoms with Crippen molar-refractivity contribution in [3.63, 3.8) is 0 Å². The Kier molecular flexibility index (Phi) is 3.13. The summed E-state index contributed by atoms with van der Waals surface area (Å²) in [7, 11) is 0. The zero-order chi connectivity index (χ0) is 10.7. The smallest absolute Gasteiger partial charge is 0.191 e. The van der Waals surface area contributed by atoms with Crippen LogP contribution in [0.1, 0.15) is 0 Å². The lowest BCUT2D eigenvalue weighted by Gasteiger charge is -2.10. The average molecular weight is 216 g/mol. The maximum Gasteiger partial charge on any atom is 0.191 e. The lowest BCUT2D eigenvalue weighted by molar-refractivity contribution is -0.0685. The topological polar surface area (TPSA) is 27.7 Å². The van der Waals surface area contributed by atoms with Crippen LogP contribution in [0.15, 0.2) is 18.2 Å². The summed E-state index contributed by atoms with van der Waals surface area (Å²) in [5.41, 5.74) is 0. The van der Waals surface area contributed by atoms with Crippen LogP contribution >= 0.6 is 0 Å². The van der Waals surface area contributed by atoms with E-state index < -0.39 is 17.9 Å². The summed E-state index contributed by atoms with van der Waals surface area (Å²) in [5, 5.41) is 0. The van der Waals surface area contributed by atoms with E-state index in [1.807, 2.05) is 0 Å². The minimum atomic E-state index is -0.668. The van der Waals surface area contributed by atoms with E-state index in [2.05, 4.69) is 0 Å². The average Bonchev–Trinajstić information content (AvgIpc) is 2.65. The van der Waals surface area contributed by atoms with Crippen LogP contribution < -0.4 is 4.74 Å². The van der Waals surface area contributed by atoms with Crippen molar-refractivity contribution >= 4 is 0 Å². The summed E-state index contributed by atoms with van der Waals surface area (Å²) in [6, 6.07) is 3.01. The Morgan fingerprint density at radius 3 is 2.33 bits per heavy atom. The minimum Gasteiger partial charge on any atom is -0.488 e. The first kappa shape index (κ1) is 10.3. The molecule has 1 aliphatic heterocycles. The second kappa shape index (κ2) is 4.55. The highest BCUT2D eigenvalue weighted by molar-refractivity contribution is 5.23. The van der Waals surface area contributed by atoms with Gasteiger partial charge in [0, 0.05) is 18.2 Å². The fourth-order valence-corrected chi connectivity index (χ4v) is 1.28. The summed E-state index contributed by atoms with van der Waals surface area (Å²) < 4.78 is 40.8. The van der Waals surface area contributed by atoms with Crippen molar-refractivity contribution < 1.29 is 23.0 Å². The van der Waals surface area contributed by atoms with Gasteiger partial charge >= 0.3 is 0 Å². The third-order valence-electron chi connectivity index (χ3n) is 1.91. The van der Waals surface area contributed by atoms with Gasteiger partial charge in [0.25, 0.3) is 0 Å². The first-order valence-electron chi connectivity index (χ1n) is 4.56. The van der Waals surface area contributed by atoms with Gasteiger partial charge in [0.2, 0.25) is 0 Å². The van der Waals surface area contributed by atoms with E-state index in [9.17, 15) is 8.78 Å². The monoisotopic (exact) mass is 216 g/mol. The zero-order valence-electron chi connectivity index (χ0n) is 7.91. The molecule has 5 heteroatoms. The molecule has 0 spiro atoms. The SMILES string of the molecule is Fc1cc(F)cc(OCC2OCCO2)c1. The lowest BCUT2D eigenvalue weighted by atomic mass is 10.3. The van der Waals surface area contributed by atoms with Crippen LogP contribution in [-0.2, 0) is 9.47 Å². The lowest BCUT2D eigenvalue weighted by Crippen LogP contribution is -2.18. The normalized spacial score (nSPS) is 16.9. The first-order valence-corrected chi connectivity index (χ1v) is 4.56. The van der Waals surface area contributed by atoms with Gasteiger partial charge in [-0.1, -0.05) is 0 Å². The quantitative estimate of drug-likeness (QED) is 0.769. The molecular formula is C10H10F2O3. The molecule has 0 atom stereocenters. The Morgan fingerprint density at radius 2 is 1.73 bits per heavy atom. The van der Waals surface area contributed by atoms with Gasteiger partial charge in [-0.15, -0.1) is 0 Å².